The minimum atomic E-state index is -0.0590. The summed E-state index contributed by atoms with van der Waals surface area (Å²) < 4.78 is 2.02. The molecule has 0 atom stereocenters. The molecule has 0 aliphatic heterocycles. The van der Waals surface area contributed by atoms with E-state index in [4.69, 9.17) is 23.2 Å². The first-order valence-corrected chi connectivity index (χ1v) is 8.13. The van der Waals surface area contributed by atoms with Gasteiger partial charge in [-0.25, -0.2) is 0 Å². The highest BCUT2D eigenvalue weighted by Crippen LogP contribution is 2.23. The maximum Gasteiger partial charge on any atom is 0.255 e. The molecule has 1 amide bonds. The van der Waals surface area contributed by atoms with Crippen molar-refractivity contribution >= 4 is 29.1 Å². The lowest BCUT2D eigenvalue weighted by Crippen LogP contribution is -2.32. The largest absolute Gasteiger partial charge is 0.353 e. The molecule has 5 heteroatoms. The Morgan fingerprint density at radius 1 is 1.27 bits per heavy atom. The van der Waals surface area contributed by atoms with Gasteiger partial charge in [-0.1, -0.05) is 36.5 Å². The Morgan fingerprint density at radius 2 is 2.05 bits per heavy atom. The Labute approximate surface area is 141 Å². The number of halogens is 2. The zero-order chi connectivity index (χ0) is 16.1. The first-order valence-electron chi connectivity index (χ1n) is 7.37. The van der Waals surface area contributed by atoms with Gasteiger partial charge in [0, 0.05) is 30.5 Å². The zero-order valence-electron chi connectivity index (χ0n) is 12.9. The highest BCUT2D eigenvalue weighted by atomic mass is 35.5. The van der Waals surface area contributed by atoms with E-state index in [0.29, 0.717) is 28.7 Å². The summed E-state index contributed by atoms with van der Waals surface area (Å²) in [7, 11) is 1.98. The SMILES string of the molecule is CCCCN(Cc1cccn1C)C(=O)c1ccc(Cl)cc1Cl. The third-order valence-corrected chi connectivity index (χ3v) is 4.18. The number of rotatable bonds is 6. The quantitative estimate of drug-likeness (QED) is 0.744. The third kappa shape index (κ3) is 4.05. The van der Waals surface area contributed by atoms with E-state index in [1.807, 2.05) is 34.8 Å². The molecule has 3 nitrogen and oxygen atoms in total. The van der Waals surface area contributed by atoms with E-state index in [1.54, 1.807) is 18.2 Å². The van der Waals surface area contributed by atoms with Gasteiger partial charge in [-0.3, -0.25) is 4.79 Å². The van der Waals surface area contributed by atoms with Crippen molar-refractivity contribution in [2.45, 2.75) is 26.3 Å². The Bertz CT molecular complexity index is 652. The molecule has 22 heavy (non-hydrogen) atoms. The number of carbonyl (C=O) groups excluding carboxylic acids is 1. The summed E-state index contributed by atoms with van der Waals surface area (Å²) >= 11 is 12.1. The summed E-state index contributed by atoms with van der Waals surface area (Å²) in [4.78, 5) is 14.7. The monoisotopic (exact) mass is 338 g/mol. The first kappa shape index (κ1) is 16.9. The maximum absolute atomic E-state index is 12.8. The minimum Gasteiger partial charge on any atom is -0.353 e. The fourth-order valence-electron chi connectivity index (χ4n) is 2.29. The van der Waals surface area contributed by atoms with Crippen LogP contribution in [0.1, 0.15) is 35.8 Å². The molecule has 1 aromatic carbocycles. The van der Waals surface area contributed by atoms with Gasteiger partial charge in [-0.15, -0.1) is 0 Å². The summed E-state index contributed by atoms with van der Waals surface area (Å²) in [6.07, 6.45) is 3.97. The van der Waals surface area contributed by atoms with Gasteiger partial charge in [0.05, 0.1) is 17.1 Å². The van der Waals surface area contributed by atoms with Crippen LogP contribution in [0.3, 0.4) is 0 Å². The Balaban J connectivity index is 2.24. The van der Waals surface area contributed by atoms with Crippen LogP contribution in [0.2, 0.25) is 10.0 Å². The molecule has 0 saturated heterocycles. The molecule has 0 N–H and O–H groups in total. The average molecular weight is 339 g/mol. The summed E-state index contributed by atoms with van der Waals surface area (Å²) in [6, 6.07) is 9.00. The number of carbonyl (C=O) groups is 1. The van der Waals surface area contributed by atoms with Gasteiger partial charge in [-0.2, -0.15) is 0 Å². The molecule has 0 aliphatic carbocycles. The van der Waals surface area contributed by atoms with Gasteiger partial charge in [0.15, 0.2) is 0 Å². The van der Waals surface area contributed by atoms with Crippen molar-refractivity contribution in [1.29, 1.82) is 0 Å². The molecule has 1 aromatic heterocycles. The lowest BCUT2D eigenvalue weighted by molar-refractivity contribution is 0.0737. The van der Waals surface area contributed by atoms with Crippen LogP contribution in [-0.4, -0.2) is 21.9 Å². The van der Waals surface area contributed by atoms with Crippen LogP contribution in [0.15, 0.2) is 36.5 Å². The van der Waals surface area contributed by atoms with Gasteiger partial charge < -0.3 is 9.47 Å². The van der Waals surface area contributed by atoms with Gasteiger partial charge in [0.1, 0.15) is 0 Å². The van der Waals surface area contributed by atoms with Gasteiger partial charge >= 0.3 is 0 Å². The predicted molar refractivity (Wildman–Crippen MR) is 91.5 cm³/mol. The van der Waals surface area contributed by atoms with Crippen LogP contribution in [0.25, 0.3) is 0 Å². The molecule has 0 bridgehead atoms. The van der Waals surface area contributed by atoms with Crippen molar-refractivity contribution < 1.29 is 4.79 Å². The fourth-order valence-corrected chi connectivity index (χ4v) is 2.78. The molecule has 2 aromatic rings. The van der Waals surface area contributed by atoms with Gasteiger partial charge in [0.25, 0.3) is 5.91 Å². The molecule has 2 rings (SSSR count). The number of hydrogen-bond acceptors (Lipinski definition) is 1. The third-order valence-electron chi connectivity index (χ3n) is 3.63. The van der Waals surface area contributed by atoms with Crippen molar-refractivity contribution in [3.63, 3.8) is 0 Å². The normalized spacial score (nSPS) is 10.7. The second-order valence-corrected chi connectivity index (χ2v) is 6.16. The standard InChI is InChI=1S/C17H20Cl2N2O/c1-3-4-10-21(12-14-6-5-9-20(14)2)17(22)15-8-7-13(18)11-16(15)19/h5-9,11H,3-4,10,12H2,1-2H3. The fraction of sp³-hybridized carbons (Fsp3) is 0.353. The van der Waals surface area contributed by atoms with Crippen molar-refractivity contribution in [3.8, 4) is 0 Å². The summed E-state index contributed by atoms with van der Waals surface area (Å²) in [5.41, 5.74) is 1.59. The number of aryl methyl sites for hydroxylation is 1. The van der Waals surface area contributed by atoms with Crippen LogP contribution in [0.4, 0.5) is 0 Å². The number of benzene rings is 1. The molecule has 118 valence electrons. The van der Waals surface area contributed by atoms with Crippen LogP contribution in [0, 0.1) is 0 Å². The Morgan fingerprint density at radius 3 is 2.64 bits per heavy atom. The van der Waals surface area contributed by atoms with E-state index in [1.165, 1.54) is 0 Å². The van der Waals surface area contributed by atoms with E-state index in [-0.39, 0.29) is 5.91 Å². The lowest BCUT2D eigenvalue weighted by Gasteiger charge is -2.23. The molecule has 0 saturated carbocycles. The first-order chi connectivity index (χ1) is 10.5. The molecule has 0 radical (unpaired) electrons. The molecule has 0 fully saturated rings. The van der Waals surface area contributed by atoms with Crippen LogP contribution in [-0.2, 0) is 13.6 Å². The summed E-state index contributed by atoms with van der Waals surface area (Å²) in [5, 5.41) is 0.926. The number of nitrogens with zero attached hydrogens (tertiary/aromatic N) is 2. The van der Waals surface area contributed by atoms with Crippen LogP contribution >= 0.6 is 23.2 Å². The van der Waals surface area contributed by atoms with Gasteiger partial charge in [0.2, 0.25) is 0 Å². The number of unbranched alkanes of at least 4 members (excludes halogenated alkanes) is 1. The summed E-state index contributed by atoms with van der Waals surface area (Å²) in [6.45, 7) is 3.39. The molecule has 0 aliphatic rings. The summed E-state index contributed by atoms with van der Waals surface area (Å²) in [5.74, 6) is -0.0590. The van der Waals surface area contributed by atoms with E-state index in [9.17, 15) is 4.79 Å². The number of hydrogen-bond donors (Lipinski definition) is 0. The second kappa shape index (κ2) is 7.70. The van der Waals surface area contributed by atoms with E-state index < -0.39 is 0 Å². The molecular weight excluding hydrogens is 319 g/mol. The lowest BCUT2D eigenvalue weighted by atomic mass is 10.1. The smallest absolute Gasteiger partial charge is 0.255 e. The minimum absolute atomic E-state index is 0.0590. The molecule has 0 spiro atoms. The second-order valence-electron chi connectivity index (χ2n) is 5.31. The van der Waals surface area contributed by atoms with Crippen LogP contribution < -0.4 is 0 Å². The van der Waals surface area contributed by atoms with Crippen molar-refractivity contribution in [1.82, 2.24) is 9.47 Å². The Kier molecular flexibility index (Phi) is 5.92. The predicted octanol–water partition coefficient (Wildman–Crippen LogP) is 4.77. The van der Waals surface area contributed by atoms with Crippen molar-refractivity contribution in [2.75, 3.05) is 6.54 Å². The topological polar surface area (TPSA) is 25.2 Å². The van der Waals surface area contributed by atoms with Crippen molar-refractivity contribution in [2.24, 2.45) is 7.05 Å². The highest BCUT2D eigenvalue weighted by Gasteiger charge is 2.19. The van der Waals surface area contributed by atoms with E-state index in [0.717, 1.165) is 18.5 Å². The van der Waals surface area contributed by atoms with Crippen molar-refractivity contribution in [3.05, 3.63) is 57.8 Å². The number of amides is 1. The Hall–Kier alpha value is -1.45. The van der Waals surface area contributed by atoms with Crippen LogP contribution in [0.5, 0.6) is 0 Å². The highest BCUT2D eigenvalue weighted by molar-refractivity contribution is 6.36. The van der Waals surface area contributed by atoms with Gasteiger partial charge in [-0.05, 0) is 36.8 Å². The zero-order valence-corrected chi connectivity index (χ0v) is 14.4. The molecular formula is C17H20Cl2N2O. The average Bonchev–Trinajstić information content (AvgIpc) is 2.88. The van der Waals surface area contributed by atoms with E-state index >= 15 is 0 Å². The molecule has 1 heterocycles. The van der Waals surface area contributed by atoms with E-state index in [2.05, 4.69) is 6.92 Å². The maximum atomic E-state index is 12.8. The molecule has 0 unspecified atom stereocenters. The number of aromatic nitrogens is 1.